The summed E-state index contributed by atoms with van der Waals surface area (Å²) >= 11 is 0. The summed E-state index contributed by atoms with van der Waals surface area (Å²) in [4.78, 5) is 56.5. The summed E-state index contributed by atoms with van der Waals surface area (Å²) in [5, 5.41) is 36.3. The molecular formula is C59H75N9O9. The van der Waals surface area contributed by atoms with Gasteiger partial charge in [-0.15, -0.1) is 10.2 Å². The van der Waals surface area contributed by atoms with E-state index in [1.165, 1.54) is 30.9 Å². The van der Waals surface area contributed by atoms with Crippen molar-refractivity contribution >= 4 is 52.2 Å². The third kappa shape index (κ3) is 15.4. The zero-order chi connectivity index (χ0) is 55.9. The van der Waals surface area contributed by atoms with Gasteiger partial charge in [-0.2, -0.15) is 0 Å². The number of carboxylic acid groups (broad SMARTS) is 3. The van der Waals surface area contributed by atoms with Crippen LogP contribution in [0.5, 0.6) is 17.2 Å². The van der Waals surface area contributed by atoms with E-state index in [1.54, 1.807) is 6.07 Å². The largest absolute Gasteiger partial charge is 0.493 e. The summed E-state index contributed by atoms with van der Waals surface area (Å²) in [5.74, 6) is -0.175. The second kappa shape index (κ2) is 27.2. The number of rotatable bonds is 29. The number of carbonyl (C=O) groups is 3. The Bertz CT molecular complexity index is 2900. The first kappa shape index (κ1) is 58.4. The average Bonchev–Trinajstić information content (AvgIpc) is 3.41. The van der Waals surface area contributed by atoms with Crippen molar-refractivity contribution in [1.29, 1.82) is 0 Å². The Labute approximate surface area is 452 Å². The van der Waals surface area contributed by atoms with E-state index < -0.39 is 17.9 Å². The van der Waals surface area contributed by atoms with E-state index in [0.29, 0.717) is 50.0 Å². The summed E-state index contributed by atoms with van der Waals surface area (Å²) in [6, 6.07) is 21.8. The summed E-state index contributed by atoms with van der Waals surface area (Å²) in [6.45, 7) is 26.0. The minimum atomic E-state index is -1.18. The Morgan fingerprint density at radius 1 is 0.481 bits per heavy atom. The molecule has 3 N–H and O–H groups in total. The van der Waals surface area contributed by atoms with Gasteiger partial charge in [0.2, 0.25) is 11.6 Å². The molecule has 4 atom stereocenters. The van der Waals surface area contributed by atoms with Crippen molar-refractivity contribution in [2.75, 3.05) is 47.5 Å². The van der Waals surface area contributed by atoms with Crippen molar-refractivity contribution in [3.05, 3.63) is 126 Å². The van der Waals surface area contributed by atoms with Gasteiger partial charge in [0.15, 0.2) is 11.5 Å². The minimum Gasteiger partial charge on any atom is -0.493 e. The Hall–Kier alpha value is -7.89. The fourth-order valence-electron chi connectivity index (χ4n) is 9.21. The fourth-order valence-corrected chi connectivity index (χ4v) is 9.21. The standard InChI is InChI=1S/C59H75N9O9/c1-12-66(45-30-60-55(58(71)72)61-31-45)42-19-22-47(36(4)5)51(27-42)75-34-38(8)15-17-40(10)48-23-21-44(68(14-3)54-26-25-50(57(69)70)64-65-54)28-52(48)76-35-39(9)16-18-41(11)49-24-20-43(29-53(49)77-37(6)7)67(13-2)46-32-62-56(59(73)74)63-33-46/h19-33,36-41H,12-18,34-35H2,1-11H3,(H,69,70)(H,71,72)(H,73,74). The van der Waals surface area contributed by atoms with E-state index in [1.807, 2.05) is 67.5 Å². The third-order valence-electron chi connectivity index (χ3n) is 13.6. The average molecular weight is 1050 g/mol. The van der Waals surface area contributed by atoms with Crippen molar-refractivity contribution in [3.63, 3.8) is 0 Å². The molecule has 0 aliphatic heterocycles. The molecule has 0 fully saturated rings. The molecule has 0 saturated carbocycles. The molecule has 0 aliphatic rings. The molecule has 6 aromatic rings. The first-order valence-corrected chi connectivity index (χ1v) is 26.7. The topological polar surface area (TPSA) is 227 Å². The lowest BCUT2D eigenvalue weighted by Gasteiger charge is -2.26. The number of aromatic carboxylic acids is 3. The molecule has 3 aromatic heterocycles. The van der Waals surface area contributed by atoms with Crippen LogP contribution in [0.1, 0.15) is 168 Å². The van der Waals surface area contributed by atoms with Gasteiger partial charge in [-0.25, -0.2) is 34.3 Å². The molecule has 18 nitrogen and oxygen atoms in total. The van der Waals surface area contributed by atoms with Crippen LogP contribution in [0, 0.1) is 11.8 Å². The van der Waals surface area contributed by atoms with Gasteiger partial charge in [-0.3, -0.25) is 0 Å². The predicted octanol–water partition coefficient (Wildman–Crippen LogP) is 12.7. The van der Waals surface area contributed by atoms with Crippen LogP contribution in [0.3, 0.4) is 0 Å². The van der Waals surface area contributed by atoms with Crippen LogP contribution < -0.4 is 28.9 Å². The molecular weight excluding hydrogens is 979 g/mol. The van der Waals surface area contributed by atoms with Gasteiger partial charge < -0.3 is 44.2 Å². The van der Waals surface area contributed by atoms with E-state index in [-0.39, 0.29) is 53.0 Å². The smallest absolute Gasteiger partial charge is 0.373 e. The first-order valence-electron chi connectivity index (χ1n) is 26.7. The highest BCUT2D eigenvalue weighted by atomic mass is 16.5. The number of ether oxygens (including phenoxy) is 3. The Kier molecular flexibility index (Phi) is 20.7. The third-order valence-corrected chi connectivity index (χ3v) is 13.6. The Morgan fingerprint density at radius 2 is 0.896 bits per heavy atom. The van der Waals surface area contributed by atoms with E-state index in [0.717, 1.165) is 76.7 Å². The quantitative estimate of drug-likeness (QED) is 0.0397. The molecule has 0 spiro atoms. The van der Waals surface area contributed by atoms with Crippen molar-refractivity contribution in [3.8, 4) is 17.2 Å². The van der Waals surface area contributed by atoms with Gasteiger partial charge in [0, 0.05) is 54.9 Å². The van der Waals surface area contributed by atoms with Crippen LogP contribution in [0.15, 0.2) is 91.5 Å². The lowest BCUT2D eigenvalue weighted by Crippen LogP contribution is -2.19. The molecule has 4 unspecified atom stereocenters. The lowest BCUT2D eigenvalue weighted by atomic mass is 9.91. The number of nitrogens with zero attached hydrogens (tertiary/aromatic N) is 9. The van der Waals surface area contributed by atoms with Crippen LogP contribution in [0.4, 0.5) is 34.3 Å². The number of benzene rings is 3. The van der Waals surface area contributed by atoms with Crippen LogP contribution in [0.2, 0.25) is 0 Å². The molecule has 0 aliphatic carbocycles. The molecule has 0 radical (unpaired) electrons. The Morgan fingerprint density at radius 3 is 1.29 bits per heavy atom. The maximum atomic E-state index is 11.6. The monoisotopic (exact) mass is 1050 g/mol. The van der Waals surface area contributed by atoms with Crippen LogP contribution in [-0.4, -0.2) is 102 Å². The second-order valence-corrected chi connectivity index (χ2v) is 20.2. The van der Waals surface area contributed by atoms with E-state index in [4.69, 9.17) is 14.2 Å². The van der Waals surface area contributed by atoms with E-state index in [9.17, 15) is 29.7 Å². The van der Waals surface area contributed by atoms with Crippen molar-refractivity contribution in [2.24, 2.45) is 11.8 Å². The SMILES string of the molecule is CCN(c1cnc(C(=O)O)nc1)c1ccc(C(C)C)c(OCC(C)CCC(C)c2ccc(N(CC)c3ccc(C(=O)O)nn3)cc2OCC(C)CCC(C)c2ccc(N(CC)c3cnc(C(=O)O)nc3)cc2OC(C)C)c1. The lowest BCUT2D eigenvalue weighted by molar-refractivity contribution is 0.0673. The summed E-state index contributed by atoms with van der Waals surface area (Å²) in [5.41, 5.74) is 7.14. The number of hydrogen-bond donors (Lipinski definition) is 3. The van der Waals surface area contributed by atoms with Gasteiger partial charge in [0.25, 0.3) is 0 Å². The molecule has 3 heterocycles. The molecule has 410 valence electrons. The Balaban J connectivity index is 1.16. The van der Waals surface area contributed by atoms with Crippen molar-refractivity contribution < 1.29 is 43.9 Å². The molecule has 77 heavy (non-hydrogen) atoms. The van der Waals surface area contributed by atoms with Gasteiger partial charge in [0.1, 0.15) is 17.2 Å². The highest BCUT2D eigenvalue weighted by Crippen LogP contribution is 2.40. The van der Waals surface area contributed by atoms with Crippen molar-refractivity contribution in [1.82, 2.24) is 30.1 Å². The van der Waals surface area contributed by atoms with Gasteiger partial charge >= 0.3 is 17.9 Å². The van der Waals surface area contributed by atoms with E-state index >= 15 is 0 Å². The summed E-state index contributed by atoms with van der Waals surface area (Å²) in [7, 11) is 0. The van der Waals surface area contributed by atoms with Crippen molar-refractivity contribution in [2.45, 2.75) is 126 Å². The van der Waals surface area contributed by atoms with Crippen LogP contribution in [0.25, 0.3) is 0 Å². The maximum Gasteiger partial charge on any atom is 0.373 e. The highest BCUT2D eigenvalue weighted by Gasteiger charge is 2.23. The molecule has 0 amide bonds. The molecule has 18 heteroatoms. The normalized spacial score (nSPS) is 12.9. The number of aromatic nitrogens is 6. The maximum absolute atomic E-state index is 11.6. The van der Waals surface area contributed by atoms with Crippen LogP contribution >= 0.6 is 0 Å². The van der Waals surface area contributed by atoms with Gasteiger partial charge in [-0.1, -0.05) is 59.7 Å². The first-order chi connectivity index (χ1) is 36.8. The number of anilines is 6. The van der Waals surface area contributed by atoms with Gasteiger partial charge in [-0.05, 0) is 137 Å². The molecule has 0 bridgehead atoms. The summed E-state index contributed by atoms with van der Waals surface area (Å²) < 4.78 is 19.9. The number of carboxylic acids is 3. The zero-order valence-electron chi connectivity index (χ0n) is 46.3. The van der Waals surface area contributed by atoms with E-state index in [2.05, 4.69) is 108 Å². The minimum absolute atomic E-state index is 0.0591. The highest BCUT2D eigenvalue weighted by molar-refractivity contribution is 5.85. The van der Waals surface area contributed by atoms with Crippen LogP contribution in [-0.2, 0) is 0 Å². The zero-order valence-corrected chi connectivity index (χ0v) is 46.3. The molecule has 6 rings (SSSR count). The fraction of sp³-hybridized carbons (Fsp3) is 0.441. The predicted molar refractivity (Wildman–Crippen MR) is 299 cm³/mol. The number of hydrogen-bond acceptors (Lipinski definition) is 15. The molecule has 0 saturated heterocycles. The second-order valence-electron chi connectivity index (χ2n) is 20.2. The summed E-state index contributed by atoms with van der Waals surface area (Å²) in [6.07, 6.45) is 9.58. The van der Waals surface area contributed by atoms with Gasteiger partial charge in [0.05, 0.1) is 55.5 Å². The molecule has 3 aromatic carbocycles.